The van der Waals surface area contributed by atoms with Gasteiger partial charge in [-0.3, -0.25) is 4.79 Å². The smallest absolute Gasteiger partial charge is 0.309 e. The first-order valence-electron chi connectivity index (χ1n) is 5.85. The van der Waals surface area contributed by atoms with Gasteiger partial charge >= 0.3 is 5.97 Å². The first kappa shape index (κ1) is 11.6. The minimum absolute atomic E-state index is 0.0795. The molecule has 0 bridgehead atoms. The van der Waals surface area contributed by atoms with Gasteiger partial charge < -0.3 is 5.11 Å². The van der Waals surface area contributed by atoms with E-state index in [9.17, 15) is 4.79 Å². The molecule has 0 radical (unpaired) electrons. The highest BCUT2D eigenvalue weighted by molar-refractivity contribution is 7.11. The lowest BCUT2D eigenvalue weighted by Crippen LogP contribution is -2.08. The summed E-state index contributed by atoms with van der Waals surface area (Å²) in [5.41, 5.74) is 0.807. The summed E-state index contributed by atoms with van der Waals surface area (Å²) in [7, 11) is 0. The van der Waals surface area contributed by atoms with Crippen LogP contribution in [0, 0.1) is 6.92 Å². The minimum Gasteiger partial charge on any atom is -0.481 e. The molecule has 0 spiro atoms. The molecular formula is C12H17NO2S. The van der Waals surface area contributed by atoms with Gasteiger partial charge in [0.05, 0.1) is 17.1 Å². The maximum atomic E-state index is 10.8. The van der Waals surface area contributed by atoms with E-state index in [1.165, 1.54) is 37.0 Å². The second-order valence-electron chi connectivity index (χ2n) is 4.45. The molecule has 0 saturated heterocycles. The third-order valence-electron chi connectivity index (χ3n) is 3.13. The molecule has 1 heterocycles. The SMILES string of the molecule is Cc1nc(CC(=O)O)c(C2CCCCC2)s1. The molecule has 16 heavy (non-hydrogen) atoms. The van der Waals surface area contributed by atoms with Crippen molar-refractivity contribution < 1.29 is 9.90 Å². The van der Waals surface area contributed by atoms with Crippen molar-refractivity contribution in [3.63, 3.8) is 0 Å². The highest BCUT2D eigenvalue weighted by atomic mass is 32.1. The van der Waals surface area contributed by atoms with Crippen LogP contribution >= 0.6 is 11.3 Å². The first-order chi connectivity index (χ1) is 7.66. The molecular weight excluding hydrogens is 222 g/mol. The van der Waals surface area contributed by atoms with Crippen molar-refractivity contribution in [3.8, 4) is 0 Å². The molecule has 0 unspecified atom stereocenters. The quantitative estimate of drug-likeness (QED) is 0.881. The van der Waals surface area contributed by atoms with E-state index in [0.29, 0.717) is 5.92 Å². The van der Waals surface area contributed by atoms with Crippen molar-refractivity contribution in [2.75, 3.05) is 0 Å². The number of rotatable bonds is 3. The zero-order chi connectivity index (χ0) is 11.5. The molecule has 1 aliphatic carbocycles. The molecule has 0 aromatic carbocycles. The Balaban J connectivity index is 2.20. The van der Waals surface area contributed by atoms with Gasteiger partial charge in [-0.25, -0.2) is 4.98 Å². The Bertz CT molecular complexity index is 380. The zero-order valence-electron chi connectivity index (χ0n) is 9.53. The number of hydrogen-bond donors (Lipinski definition) is 1. The Kier molecular flexibility index (Phi) is 3.59. The molecule has 4 heteroatoms. The molecule has 0 amide bonds. The number of carboxylic acids is 1. The molecule has 1 aromatic heterocycles. The van der Waals surface area contributed by atoms with Crippen molar-refractivity contribution in [2.45, 2.75) is 51.4 Å². The topological polar surface area (TPSA) is 50.2 Å². The van der Waals surface area contributed by atoms with Gasteiger partial charge in [-0.15, -0.1) is 11.3 Å². The van der Waals surface area contributed by atoms with Gasteiger partial charge in [-0.2, -0.15) is 0 Å². The fraction of sp³-hybridized carbons (Fsp3) is 0.667. The lowest BCUT2D eigenvalue weighted by Gasteiger charge is -2.20. The van der Waals surface area contributed by atoms with Crippen LogP contribution in [-0.4, -0.2) is 16.1 Å². The van der Waals surface area contributed by atoms with Gasteiger partial charge in [0.2, 0.25) is 0 Å². The Morgan fingerprint density at radius 1 is 1.44 bits per heavy atom. The van der Waals surface area contributed by atoms with Crippen LogP contribution < -0.4 is 0 Å². The predicted octanol–water partition coefficient (Wildman–Crippen LogP) is 3.13. The summed E-state index contributed by atoms with van der Waals surface area (Å²) < 4.78 is 0. The maximum absolute atomic E-state index is 10.8. The van der Waals surface area contributed by atoms with Crippen molar-refractivity contribution >= 4 is 17.3 Å². The molecule has 88 valence electrons. The Morgan fingerprint density at radius 3 is 2.75 bits per heavy atom. The molecule has 1 saturated carbocycles. The fourth-order valence-electron chi connectivity index (χ4n) is 2.44. The average molecular weight is 239 g/mol. The molecule has 0 aliphatic heterocycles. The van der Waals surface area contributed by atoms with Gasteiger partial charge in [-0.05, 0) is 25.7 Å². The van der Waals surface area contributed by atoms with Crippen LogP contribution in [0.2, 0.25) is 0 Å². The third-order valence-corrected chi connectivity index (χ3v) is 4.30. The number of aliphatic carboxylic acids is 1. The Hall–Kier alpha value is -0.900. The summed E-state index contributed by atoms with van der Waals surface area (Å²) in [5, 5.41) is 9.86. The monoisotopic (exact) mass is 239 g/mol. The number of thiazole rings is 1. The fourth-order valence-corrected chi connectivity index (χ4v) is 3.55. The van der Waals surface area contributed by atoms with E-state index in [-0.39, 0.29) is 6.42 Å². The highest BCUT2D eigenvalue weighted by Crippen LogP contribution is 2.37. The van der Waals surface area contributed by atoms with Crippen molar-refractivity contribution in [1.29, 1.82) is 0 Å². The van der Waals surface area contributed by atoms with Crippen molar-refractivity contribution in [2.24, 2.45) is 0 Å². The summed E-state index contributed by atoms with van der Waals surface area (Å²) in [6.45, 7) is 1.96. The second-order valence-corrected chi connectivity index (χ2v) is 5.68. The number of carbonyl (C=O) groups is 1. The number of nitrogens with zero attached hydrogens (tertiary/aromatic N) is 1. The van der Waals surface area contributed by atoms with E-state index in [4.69, 9.17) is 5.11 Å². The normalized spacial score (nSPS) is 17.6. The zero-order valence-corrected chi connectivity index (χ0v) is 10.3. The van der Waals surface area contributed by atoms with Crippen LogP contribution in [-0.2, 0) is 11.2 Å². The Morgan fingerprint density at radius 2 is 2.12 bits per heavy atom. The summed E-state index contributed by atoms with van der Waals surface area (Å²) in [6.07, 6.45) is 6.35. The first-order valence-corrected chi connectivity index (χ1v) is 6.66. The van der Waals surface area contributed by atoms with Gasteiger partial charge in [-0.1, -0.05) is 19.3 Å². The third kappa shape index (κ3) is 2.61. The van der Waals surface area contributed by atoms with E-state index < -0.39 is 5.97 Å². The molecule has 1 N–H and O–H groups in total. The van der Waals surface area contributed by atoms with E-state index in [2.05, 4.69) is 4.98 Å². The van der Waals surface area contributed by atoms with Gasteiger partial charge in [0.25, 0.3) is 0 Å². The van der Waals surface area contributed by atoms with Crippen molar-refractivity contribution in [1.82, 2.24) is 4.98 Å². The van der Waals surface area contributed by atoms with Gasteiger partial charge in [0.1, 0.15) is 0 Å². The van der Waals surface area contributed by atoms with Gasteiger partial charge in [0, 0.05) is 4.88 Å². The van der Waals surface area contributed by atoms with Crippen LogP contribution in [0.15, 0.2) is 0 Å². The average Bonchev–Trinajstić information content (AvgIpc) is 2.60. The number of aryl methyl sites for hydroxylation is 1. The number of hydrogen-bond acceptors (Lipinski definition) is 3. The molecule has 1 aromatic rings. The molecule has 0 atom stereocenters. The maximum Gasteiger partial charge on any atom is 0.309 e. The summed E-state index contributed by atoms with van der Waals surface area (Å²) in [6, 6.07) is 0. The van der Waals surface area contributed by atoms with Crippen LogP contribution in [0.25, 0.3) is 0 Å². The summed E-state index contributed by atoms with van der Waals surface area (Å²) in [4.78, 5) is 16.4. The minimum atomic E-state index is -0.776. The van der Waals surface area contributed by atoms with E-state index >= 15 is 0 Å². The molecule has 1 fully saturated rings. The highest BCUT2D eigenvalue weighted by Gasteiger charge is 2.22. The van der Waals surface area contributed by atoms with Crippen LogP contribution in [0.5, 0.6) is 0 Å². The largest absolute Gasteiger partial charge is 0.481 e. The number of aromatic nitrogens is 1. The van der Waals surface area contributed by atoms with E-state index in [0.717, 1.165) is 10.7 Å². The van der Waals surface area contributed by atoms with Crippen LogP contribution in [0.3, 0.4) is 0 Å². The molecule has 1 aliphatic rings. The standard InChI is InChI=1S/C12H17NO2S/c1-8-13-10(7-11(14)15)12(16-8)9-5-3-2-4-6-9/h9H,2-7H2,1H3,(H,14,15). The van der Waals surface area contributed by atoms with E-state index in [1.54, 1.807) is 11.3 Å². The van der Waals surface area contributed by atoms with E-state index in [1.807, 2.05) is 6.92 Å². The van der Waals surface area contributed by atoms with Gasteiger partial charge in [0.15, 0.2) is 0 Å². The van der Waals surface area contributed by atoms with Crippen molar-refractivity contribution in [3.05, 3.63) is 15.6 Å². The summed E-state index contributed by atoms with van der Waals surface area (Å²) >= 11 is 1.69. The molecule has 3 nitrogen and oxygen atoms in total. The summed E-state index contributed by atoms with van der Waals surface area (Å²) in [5.74, 6) is -0.211. The number of carboxylic acid groups (broad SMARTS) is 1. The van der Waals surface area contributed by atoms with Crippen LogP contribution in [0.4, 0.5) is 0 Å². The lowest BCUT2D eigenvalue weighted by molar-refractivity contribution is -0.136. The predicted molar refractivity (Wildman–Crippen MR) is 64.0 cm³/mol. The lowest BCUT2D eigenvalue weighted by atomic mass is 9.87. The second kappa shape index (κ2) is 4.95. The van der Waals surface area contributed by atoms with Crippen LogP contribution in [0.1, 0.15) is 53.6 Å². The molecule has 2 rings (SSSR count). The Labute approximate surface area is 99.5 Å².